The van der Waals surface area contributed by atoms with E-state index in [2.05, 4.69) is 21.0 Å². The van der Waals surface area contributed by atoms with Crippen molar-refractivity contribution in [2.75, 3.05) is 38.6 Å². The van der Waals surface area contributed by atoms with Crippen molar-refractivity contribution < 1.29 is 37.4 Å². The van der Waals surface area contributed by atoms with Crippen molar-refractivity contribution in [3.05, 3.63) is 106 Å². The number of rotatable bonds is 17. The standard InChI is InChI=1S/C50H56ClF2N7O6/c1-29-42-39(27-36(52)45(51)44(42)43-34(48(54)63)17-19-38(65-3)46(43)53)66-50(29,30-12-8-7-9-13-30)28-56-31-21-24-60(25-22-31)41(62)14-10-5-4-6-11-23-55-32-15-16-33-37(26-32)59(2)58-47(33)35-18-20-40(61)57-49(35)64/h7-9,12-13,15-17,19,26-27,29,31,35,55-56H,4-6,10-11,14,18,20-25,28H2,1-3H3,(H2,54,63)(H,57,61,64). The van der Waals surface area contributed by atoms with Crippen LogP contribution in [0.3, 0.4) is 0 Å². The number of carbonyl (C=O) groups excluding carboxylic acids is 4. The fraction of sp³-hybridized carbons (Fsp3) is 0.420. The van der Waals surface area contributed by atoms with Gasteiger partial charge in [-0.2, -0.15) is 5.10 Å². The monoisotopic (exact) mass is 923 g/mol. The average molecular weight is 924 g/mol. The van der Waals surface area contributed by atoms with E-state index in [0.29, 0.717) is 50.2 Å². The number of hydrogen-bond acceptors (Lipinski definition) is 9. The lowest BCUT2D eigenvalue weighted by Gasteiger charge is -2.38. The molecule has 5 N–H and O–H groups in total. The van der Waals surface area contributed by atoms with Crippen LogP contribution >= 0.6 is 11.6 Å². The smallest absolute Gasteiger partial charge is 0.249 e. The molecular weight excluding hydrogens is 868 g/mol. The molecule has 4 amide bonds. The van der Waals surface area contributed by atoms with E-state index < -0.39 is 35.0 Å². The van der Waals surface area contributed by atoms with Crippen LogP contribution in [0.1, 0.15) is 110 Å². The number of nitrogens with zero attached hydrogens (tertiary/aromatic N) is 3. The van der Waals surface area contributed by atoms with Gasteiger partial charge in [0.15, 0.2) is 17.2 Å². The van der Waals surface area contributed by atoms with Crippen LogP contribution in [0, 0.1) is 11.6 Å². The molecule has 0 spiro atoms. The number of amides is 4. The van der Waals surface area contributed by atoms with Gasteiger partial charge in [0, 0.05) is 91.9 Å². The minimum absolute atomic E-state index is 0.00761. The number of imide groups is 1. The van der Waals surface area contributed by atoms with Gasteiger partial charge in [-0.3, -0.25) is 29.2 Å². The van der Waals surface area contributed by atoms with Gasteiger partial charge in [-0.1, -0.05) is 68.1 Å². The van der Waals surface area contributed by atoms with Gasteiger partial charge in [0.05, 0.1) is 34.8 Å². The number of methoxy groups -OCH3 is 1. The predicted molar refractivity (Wildman–Crippen MR) is 249 cm³/mol. The number of nitrogens with one attached hydrogen (secondary N) is 3. The number of aromatic nitrogens is 2. The zero-order chi connectivity index (χ0) is 46.7. The van der Waals surface area contributed by atoms with Crippen LogP contribution in [0.5, 0.6) is 11.5 Å². The number of aryl methyl sites for hydroxylation is 1. The van der Waals surface area contributed by atoms with Crippen molar-refractivity contribution in [1.29, 1.82) is 0 Å². The zero-order valence-corrected chi connectivity index (χ0v) is 38.2. The van der Waals surface area contributed by atoms with E-state index in [1.54, 1.807) is 4.68 Å². The van der Waals surface area contributed by atoms with Crippen molar-refractivity contribution in [2.24, 2.45) is 12.8 Å². The third-order valence-corrected chi connectivity index (χ3v) is 14.0. The largest absolute Gasteiger partial charge is 0.494 e. The van der Waals surface area contributed by atoms with Crippen LogP contribution in [0.15, 0.2) is 66.7 Å². The molecule has 8 rings (SSSR count). The first kappa shape index (κ1) is 46.5. The number of ether oxygens (including phenoxy) is 2. The molecule has 3 aliphatic heterocycles. The third-order valence-electron chi connectivity index (χ3n) is 13.6. The molecule has 0 bridgehead atoms. The molecule has 16 heteroatoms. The number of primary amides is 1. The predicted octanol–water partition coefficient (Wildman–Crippen LogP) is 8.22. The van der Waals surface area contributed by atoms with Crippen molar-refractivity contribution in [3.8, 4) is 22.6 Å². The fourth-order valence-corrected chi connectivity index (χ4v) is 10.2. The Morgan fingerprint density at radius 2 is 1.73 bits per heavy atom. The Morgan fingerprint density at radius 1 is 0.985 bits per heavy atom. The molecule has 1 aromatic heterocycles. The lowest BCUT2D eigenvalue weighted by Crippen LogP contribution is -2.50. The molecule has 3 aliphatic rings. The first-order valence-corrected chi connectivity index (χ1v) is 23.2. The number of likely N-dealkylation sites (tertiary alicyclic amines) is 1. The molecule has 348 valence electrons. The molecule has 3 unspecified atom stereocenters. The lowest BCUT2D eigenvalue weighted by atomic mass is 9.77. The van der Waals surface area contributed by atoms with E-state index in [4.69, 9.17) is 26.8 Å². The Labute approximate surface area is 387 Å². The summed E-state index contributed by atoms with van der Waals surface area (Å²) in [6.07, 6.45) is 7.62. The molecule has 2 fully saturated rings. The number of anilines is 1. The van der Waals surface area contributed by atoms with E-state index in [1.165, 1.54) is 25.3 Å². The molecule has 3 atom stereocenters. The van der Waals surface area contributed by atoms with Crippen LogP contribution in [0.4, 0.5) is 14.5 Å². The average Bonchev–Trinajstić information content (AvgIpc) is 3.79. The number of fused-ring (bicyclic) bond motifs is 2. The van der Waals surface area contributed by atoms with Gasteiger partial charge in [-0.25, -0.2) is 8.78 Å². The highest BCUT2D eigenvalue weighted by molar-refractivity contribution is 6.34. The van der Waals surface area contributed by atoms with E-state index in [-0.39, 0.29) is 57.0 Å². The summed E-state index contributed by atoms with van der Waals surface area (Å²) in [5.74, 6) is -3.91. The zero-order valence-electron chi connectivity index (χ0n) is 37.5. The Hall–Kier alpha value is -6.06. The highest BCUT2D eigenvalue weighted by Gasteiger charge is 2.50. The second-order valence-corrected chi connectivity index (χ2v) is 18.0. The highest BCUT2D eigenvalue weighted by Crippen LogP contribution is 2.56. The molecule has 4 aromatic carbocycles. The number of hydrogen-bond donors (Lipinski definition) is 4. The maximum Gasteiger partial charge on any atom is 0.249 e. The summed E-state index contributed by atoms with van der Waals surface area (Å²) in [6, 6.07) is 19.5. The summed E-state index contributed by atoms with van der Waals surface area (Å²) >= 11 is 6.67. The molecule has 4 heterocycles. The molecule has 0 saturated carbocycles. The summed E-state index contributed by atoms with van der Waals surface area (Å²) in [4.78, 5) is 52.0. The Morgan fingerprint density at radius 3 is 2.45 bits per heavy atom. The van der Waals surface area contributed by atoms with Crippen LogP contribution in [-0.4, -0.2) is 77.6 Å². The first-order valence-electron chi connectivity index (χ1n) is 22.8. The van der Waals surface area contributed by atoms with Crippen LogP contribution in [-0.2, 0) is 27.0 Å². The minimum Gasteiger partial charge on any atom is -0.494 e. The highest BCUT2D eigenvalue weighted by atomic mass is 35.5. The van der Waals surface area contributed by atoms with E-state index in [9.17, 15) is 19.2 Å². The second kappa shape index (κ2) is 19.8. The molecule has 0 aliphatic carbocycles. The van der Waals surface area contributed by atoms with Crippen LogP contribution in [0.2, 0.25) is 5.02 Å². The van der Waals surface area contributed by atoms with Gasteiger partial charge in [0.2, 0.25) is 23.6 Å². The van der Waals surface area contributed by atoms with E-state index in [0.717, 1.165) is 73.6 Å². The van der Waals surface area contributed by atoms with Crippen molar-refractivity contribution in [2.45, 2.75) is 94.6 Å². The normalized spacial score (nSPS) is 19.7. The van der Waals surface area contributed by atoms with Gasteiger partial charge in [0.1, 0.15) is 11.6 Å². The maximum atomic E-state index is 16.2. The Bertz CT molecular complexity index is 2650. The summed E-state index contributed by atoms with van der Waals surface area (Å²) < 4.78 is 45.6. The minimum atomic E-state index is -1.07. The van der Waals surface area contributed by atoms with Crippen molar-refractivity contribution >= 4 is 51.8 Å². The van der Waals surface area contributed by atoms with Crippen molar-refractivity contribution in [3.63, 3.8) is 0 Å². The summed E-state index contributed by atoms with van der Waals surface area (Å²) in [6.45, 7) is 4.29. The number of benzene rings is 4. The fourth-order valence-electron chi connectivity index (χ4n) is 9.94. The molecule has 66 heavy (non-hydrogen) atoms. The summed E-state index contributed by atoms with van der Waals surface area (Å²) in [5, 5.41) is 14.8. The number of piperidine rings is 2. The molecule has 2 saturated heterocycles. The van der Waals surface area contributed by atoms with Gasteiger partial charge in [0.25, 0.3) is 0 Å². The summed E-state index contributed by atoms with van der Waals surface area (Å²) in [5.41, 5.74) is 8.10. The molecule has 5 aromatic rings. The summed E-state index contributed by atoms with van der Waals surface area (Å²) in [7, 11) is 3.16. The SMILES string of the molecule is COc1ccc(C(N)=O)c(-c2c(Cl)c(F)cc3c2C(C)C(CNC2CCN(C(=O)CCCCCCCNc4ccc5c(C6CCC(=O)NC6=O)nn(C)c5c4)CC2)(c2ccccc2)O3)c1F. The van der Waals surface area contributed by atoms with Gasteiger partial charge in [-0.05, 0) is 68.0 Å². The Kier molecular flexibility index (Phi) is 13.9. The first-order chi connectivity index (χ1) is 31.8. The lowest BCUT2D eigenvalue weighted by molar-refractivity contribution is -0.134. The number of halogens is 3. The van der Waals surface area contributed by atoms with Crippen molar-refractivity contribution in [1.82, 2.24) is 25.3 Å². The van der Waals surface area contributed by atoms with Gasteiger partial charge < -0.3 is 30.7 Å². The van der Waals surface area contributed by atoms with Gasteiger partial charge in [-0.15, -0.1) is 0 Å². The number of carbonyl (C=O) groups is 4. The Balaban J connectivity index is 0.814. The van der Waals surface area contributed by atoms with E-state index >= 15 is 8.78 Å². The topological polar surface area (TPSA) is 170 Å². The molecule has 0 radical (unpaired) electrons. The third kappa shape index (κ3) is 9.19. The molecule has 13 nitrogen and oxygen atoms in total. The molecular formula is C50H56ClF2N7O6. The maximum absolute atomic E-state index is 16.2. The van der Waals surface area contributed by atoms with E-state index in [1.807, 2.05) is 67.4 Å². The second-order valence-electron chi connectivity index (χ2n) is 17.6. The van der Waals surface area contributed by atoms with Gasteiger partial charge >= 0.3 is 0 Å². The number of nitrogens with two attached hydrogens (primary N) is 1. The van der Waals surface area contributed by atoms with Crippen LogP contribution in [0.25, 0.3) is 22.0 Å². The quantitative estimate of drug-likeness (QED) is 0.0530. The van der Waals surface area contributed by atoms with Crippen LogP contribution < -0.4 is 31.2 Å². The number of unbranched alkanes of at least 4 members (excludes halogenated alkanes) is 4.